The Bertz CT molecular complexity index is 500. The van der Waals surface area contributed by atoms with Crippen LogP contribution in [0.4, 0.5) is 5.69 Å². The molecule has 0 bridgehead atoms. The van der Waals surface area contributed by atoms with Gasteiger partial charge in [-0.2, -0.15) is 0 Å². The average molecular weight is 217 g/mol. The van der Waals surface area contributed by atoms with E-state index < -0.39 is 0 Å². The van der Waals surface area contributed by atoms with Gasteiger partial charge in [-0.05, 0) is 25.0 Å². The maximum atomic E-state index is 5.91. The Kier molecular flexibility index (Phi) is 2.29. The largest absolute Gasteiger partial charge is 0.397 e. The van der Waals surface area contributed by atoms with E-state index >= 15 is 0 Å². The van der Waals surface area contributed by atoms with Gasteiger partial charge < -0.3 is 14.9 Å². The molecule has 4 heteroatoms. The molecule has 4 nitrogen and oxygen atoms in total. The number of aromatic nitrogens is 2. The molecule has 0 unspecified atom stereocenters. The maximum Gasteiger partial charge on any atom is 0.116 e. The minimum Gasteiger partial charge on any atom is -0.397 e. The molecule has 3 rings (SSSR count). The number of ether oxygens (including phenoxy) is 1. The number of nitrogens with two attached hydrogens (primary N) is 1. The van der Waals surface area contributed by atoms with Crippen molar-refractivity contribution in [3.05, 3.63) is 30.4 Å². The Hall–Kier alpha value is -1.55. The molecule has 1 aliphatic heterocycles. The Morgan fingerprint density at radius 1 is 1.38 bits per heavy atom. The number of nitrogens with zero attached hydrogens (tertiary/aromatic N) is 2. The molecule has 0 amide bonds. The maximum absolute atomic E-state index is 5.91. The summed E-state index contributed by atoms with van der Waals surface area (Å²) in [6, 6.07) is 3.87. The fourth-order valence-electron chi connectivity index (χ4n) is 2.32. The Balaban J connectivity index is 2.06. The van der Waals surface area contributed by atoms with E-state index in [2.05, 4.69) is 9.38 Å². The number of imidazole rings is 1. The lowest BCUT2D eigenvalue weighted by atomic mass is 10.00. The molecule has 0 atom stereocenters. The second-order valence-electron chi connectivity index (χ2n) is 4.22. The molecular weight excluding hydrogens is 202 g/mol. The van der Waals surface area contributed by atoms with Gasteiger partial charge in [-0.1, -0.05) is 0 Å². The van der Waals surface area contributed by atoms with E-state index in [0.29, 0.717) is 5.92 Å². The van der Waals surface area contributed by atoms with Crippen molar-refractivity contribution < 1.29 is 4.74 Å². The van der Waals surface area contributed by atoms with Gasteiger partial charge >= 0.3 is 0 Å². The van der Waals surface area contributed by atoms with Gasteiger partial charge in [0.2, 0.25) is 0 Å². The van der Waals surface area contributed by atoms with Gasteiger partial charge in [-0.3, -0.25) is 0 Å². The fourth-order valence-corrected chi connectivity index (χ4v) is 2.32. The molecule has 2 aromatic heterocycles. The number of nitrogen functional groups attached to an aromatic ring is 1. The smallest absolute Gasteiger partial charge is 0.116 e. The molecule has 3 heterocycles. The van der Waals surface area contributed by atoms with Crippen molar-refractivity contribution >= 4 is 11.2 Å². The first-order chi connectivity index (χ1) is 7.86. The lowest BCUT2D eigenvalue weighted by Crippen LogP contribution is -2.16. The van der Waals surface area contributed by atoms with Crippen molar-refractivity contribution in [3.8, 4) is 0 Å². The van der Waals surface area contributed by atoms with Crippen LogP contribution in [0.5, 0.6) is 0 Å². The summed E-state index contributed by atoms with van der Waals surface area (Å²) < 4.78 is 7.47. The summed E-state index contributed by atoms with van der Waals surface area (Å²) in [6.07, 6.45) is 5.99. The Labute approximate surface area is 94.0 Å². The molecule has 0 radical (unpaired) electrons. The number of pyridine rings is 1. The van der Waals surface area contributed by atoms with E-state index in [1.165, 1.54) is 0 Å². The fraction of sp³-hybridized carbons (Fsp3) is 0.417. The molecule has 2 N–H and O–H groups in total. The monoisotopic (exact) mass is 217 g/mol. The second kappa shape index (κ2) is 3.79. The molecular formula is C12H15N3O. The van der Waals surface area contributed by atoms with E-state index in [0.717, 1.165) is 43.1 Å². The van der Waals surface area contributed by atoms with Gasteiger partial charge in [0.15, 0.2) is 0 Å². The van der Waals surface area contributed by atoms with Crippen LogP contribution in [-0.2, 0) is 4.74 Å². The standard InChI is InChI=1S/C12H15N3O/c13-10-2-1-5-15-11(10)8-14-12(15)9-3-6-16-7-4-9/h1-2,5,8-9H,3-4,6-7,13H2. The first-order valence-corrected chi connectivity index (χ1v) is 5.65. The highest BCUT2D eigenvalue weighted by molar-refractivity contribution is 5.68. The van der Waals surface area contributed by atoms with Crippen LogP contribution in [0.3, 0.4) is 0 Å². The van der Waals surface area contributed by atoms with Crippen LogP contribution in [0.1, 0.15) is 24.6 Å². The summed E-state index contributed by atoms with van der Waals surface area (Å²) in [4.78, 5) is 4.51. The topological polar surface area (TPSA) is 52.5 Å². The number of anilines is 1. The van der Waals surface area contributed by atoms with Crippen LogP contribution in [-0.4, -0.2) is 22.6 Å². The van der Waals surface area contributed by atoms with E-state index in [9.17, 15) is 0 Å². The third-order valence-electron chi connectivity index (χ3n) is 3.22. The molecule has 2 aromatic rings. The third kappa shape index (κ3) is 1.46. The lowest BCUT2D eigenvalue weighted by molar-refractivity contribution is 0.0835. The Morgan fingerprint density at radius 2 is 2.19 bits per heavy atom. The number of fused-ring (bicyclic) bond motifs is 1. The van der Waals surface area contributed by atoms with E-state index in [1.54, 1.807) is 0 Å². The second-order valence-corrected chi connectivity index (χ2v) is 4.22. The first-order valence-electron chi connectivity index (χ1n) is 5.65. The van der Waals surface area contributed by atoms with Gasteiger partial charge in [0.25, 0.3) is 0 Å². The van der Waals surface area contributed by atoms with Crippen molar-refractivity contribution in [2.45, 2.75) is 18.8 Å². The molecule has 0 aliphatic carbocycles. The number of rotatable bonds is 1. The highest BCUT2D eigenvalue weighted by Crippen LogP contribution is 2.27. The SMILES string of the molecule is Nc1cccn2c(C3CCOCC3)ncc12. The summed E-state index contributed by atoms with van der Waals surface area (Å²) in [6.45, 7) is 1.67. The summed E-state index contributed by atoms with van der Waals surface area (Å²) >= 11 is 0. The normalized spacial score (nSPS) is 18.0. The highest BCUT2D eigenvalue weighted by Gasteiger charge is 2.20. The summed E-state index contributed by atoms with van der Waals surface area (Å²) in [5.41, 5.74) is 7.70. The van der Waals surface area contributed by atoms with Crippen LogP contribution in [0.15, 0.2) is 24.5 Å². The van der Waals surface area contributed by atoms with Crippen LogP contribution in [0.25, 0.3) is 5.52 Å². The molecule has 0 aromatic carbocycles. The third-order valence-corrected chi connectivity index (χ3v) is 3.22. The van der Waals surface area contributed by atoms with Gasteiger partial charge in [0.1, 0.15) is 5.82 Å². The molecule has 0 spiro atoms. The predicted octanol–water partition coefficient (Wildman–Crippen LogP) is 1.81. The van der Waals surface area contributed by atoms with Gasteiger partial charge in [-0.25, -0.2) is 4.98 Å². The molecule has 16 heavy (non-hydrogen) atoms. The predicted molar refractivity (Wildman–Crippen MR) is 62.4 cm³/mol. The summed E-state index contributed by atoms with van der Waals surface area (Å²) in [7, 11) is 0. The van der Waals surface area contributed by atoms with Gasteiger partial charge in [0, 0.05) is 25.3 Å². The zero-order chi connectivity index (χ0) is 11.0. The van der Waals surface area contributed by atoms with Crippen molar-refractivity contribution in [1.29, 1.82) is 0 Å². The molecule has 1 fully saturated rings. The number of hydrogen-bond acceptors (Lipinski definition) is 3. The zero-order valence-electron chi connectivity index (χ0n) is 9.10. The first kappa shape index (κ1) is 9.66. The summed E-state index contributed by atoms with van der Waals surface area (Å²) in [5.74, 6) is 1.61. The minimum atomic E-state index is 0.498. The van der Waals surface area contributed by atoms with Crippen LogP contribution >= 0.6 is 0 Å². The molecule has 1 saturated heterocycles. The van der Waals surface area contributed by atoms with E-state index in [4.69, 9.17) is 10.5 Å². The number of hydrogen-bond donors (Lipinski definition) is 1. The van der Waals surface area contributed by atoms with Crippen molar-refractivity contribution in [2.24, 2.45) is 0 Å². The molecule has 0 saturated carbocycles. The average Bonchev–Trinajstić information content (AvgIpc) is 2.75. The van der Waals surface area contributed by atoms with Crippen LogP contribution in [0.2, 0.25) is 0 Å². The molecule has 1 aliphatic rings. The van der Waals surface area contributed by atoms with E-state index in [1.807, 2.05) is 24.5 Å². The minimum absolute atomic E-state index is 0.498. The zero-order valence-corrected chi connectivity index (χ0v) is 9.10. The van der Waals surface area contributed by atoms with Crippen molar-refractivity contribution in [2.75, 3.05) is 18.9 Å². The van der Waals surface area contributed by atoms with Crippen LogP contribution in [0, 0.1) is 0 Å². The van der Waals surface area contributed by atoms with Gasteiger partial charge in [-0.15, -0.1) is 0 Å². The highest BCUT2D eigenvalue weighted by atomic mass is 16.5. The lowest BCUT2D eigenvalue weighted by Gasteiger charge is -2.21. The van der Waals surface area contributed by atoms with E-state index in [-0.39, 0.29) is 0 Å². The quantitative estimate of drug-likeness (QED) is 0.792. The van der Waals surface area contributed by atoms with Crippen molar-refractivity contribution in [3.63, 3.8) is 0 Å². The van der Waals surface area contributed by atoms with Gasteiger partial charge in [0.05, 0.1) is 17.4 Å². The van der Waals surface area contributed by atoms with Crippen molar-refractivity contribution in [1.82, 2.24) is 9.38 Å². The Morgan fingerprint density at radius 3 is 3.00 bits per heavy atom. The summed E-state index contributed by atoms with van der Waals surface area (Å²) in [5, 5.41) is 0. The van der Waals surface area contributed by atoms with Crippen LogP contribution < -0.4 is 5.73 Å². The molecule has 84 valence electrons.